The van der Waals surface area contributed by atoms with Gasteiger partial charge < -0.3 is 11.1 Å². The van der Waals surface area contributed by atoms with Gasteiger partial charge in [0.2, 0.25) is 0 Å². The number of benzene rings is 2. The Hall–Kier alpha value is -2.27. The van der Waals surface area contributed by atoms with E-state index in [-0.39, 0.29) is 5.91 Å². The molecule has 0 fully saturated rings. The lowest BCUT2D eigenvalue weighted by molar-refractivity contribution is 0.0950. The highest BCUT2D eigenvalue weighted by Crippen LogP contribution is 2.11. The summed E-state index contributed by atoms with van der Waals surface area (Å²) in [6.45, 7) is 2.09. The molecule has 0 aliphatic heterocycles. The molecule has 2 rings (SSSR count). The molecule has 0 radical (unpaired) electrons. The number of hydrogen-bond acceptors (Lipinski definition) is 2. The number of carbonyl (C=O) groups is 1. The van der Waals surface area contributed by atoms with Gasteiger partial charge in [0.05, 0.1) is 0 Å². The van der Waals surface area contributed by atoms with Crippen LogP contribution in [0.1, 0.15) is 27.0 Å². The van der Waals surface area contributed by atoms with Gasteiger partial charge in [-0.25, -0.2) is 4.39 Å². The van der Waals surface area contributed by atoms with Gasteiger partial charge in [-0.15, -0.1) is 0 Å². The molecule has 0 aliphatic rings. The molecule has 0 bridgehead atoms. The Morgan fingerprint density at radius 1 is 1.29 bits per heavy atom. The van der Waals surface area contributed by atoms with Crippen molar-refractivity contribution in [3.63, 3.8) is 0 Å². The second-order valence-corrected chi connectivity index (χ2v) is 5.15. The first-order chi connectivity index (χ1) is 9.97. The van der Waals surface area contributed by atoms with Gasteiger partial charge in [-0.2, -0.15) is 0 Å². The first-order valence-corrected chi connectivity index (χ1v) is 6.81. The molecular formula is C16H15FN2OS. The summed E-state index contributed by atoms with van der Waals surface area (Å²) in [5.41, 5.74) is 8.26. The molecule has 3 N–H and O–H groups in total. The summed E-state index contributed by atoms with van der Waals surface area (Å²) in [6.07, 6.45) is 0. The van der Waals surface area contributed by atoms with Crippen LogP contribution in [0.4, 0.5) is 4.39 Å². The van der Waals surface area contributed by atoms with E-state index in [4.69, 9.17) is 18.0 Å². The first-order valence-electron chi connectivity index (χ1n) is 6.40. The number of hydrogen-bond donors (Lipinski definition) is 2. The molecule has 5 heteroatoms. The predicted molar refractivity (Wildman–Crippen MR) is 84.6 cm³/mol. The Morgan fingerprint density at radius 3 is 2.76 bits per heavy atom. The van der Waals surface area contributed by atoms with E-state index >= 15 is 0 Å². The SMILES string of the molecule is Cc1ccc(F)cc1C(=O)NCc1cccc(C(N)=S)c1. The largest absolute Gasteiger partial charge is 0.389 e. The molecule has 0 saturated carbocycles. The van der Waals surface area contributed by atoms with E-state index in [1.807, 2.05) is 24.3 Å². The highest BCUT2D eigenvalue weighted by atomic mass is 32.1. The van der Waals surface area contributed by atoms with Gasteiger partial charge in [-0.3, -0.25) is 4.79 Å². The zero-order valence-electron chi connectivity index (χ0n) is 11.5. The number of amides is 1. The Bertz CT molecular complexity index is 700. The first kappa shape index (κ1) is 15.1. The van der Waals surface area contributed by atoms with Crippen LogP contribution in [0.5, 0.6) is 0 Å². The lowest BCUT2D eigenvalue weighted by Gasteiger charge is -2.09. The fourth-order valence-electron chi connectivity index (χ4n) is 1.95. The third-order valence-electron chi connectivity index (χ3n) is 3.11. The summed E-state index contributed by atoms with van der Waals surface area (Å²) >= 11 is 4.91. The average Bonchev–Trinajstić information content (AvgIpc) is 2.47. The number of thiocarbonyl (C=S) groups is 1. The van der Waals surface area contributed by atoms with Crippen LogP contribution in [0.3, 0.4) is 0 Å². The van der Waals surface area contributed by atoms with Crippen LogP contribution in [-0.4, -0.2) is 10.9 Å². The Kier molecular flexibility index (Phi) is 4.65. The molecular weight excluding hydrogens is 287 g/mol. The minimum absolute atomic E-state index is 0.309. The third-order valence-corrected chi connectivity index (χ3v) is 3.34. The summed E-state index contributed by atoms with van der Waals surface area (Å²) in [7, 11) is 0. The number of nitrogens with two attached hydrogens (primary N) is 1. The Balaban J connectivity index is 2.09. The highest BCUT2D eigenvalue weighted by molar-refractivity contribution is 7.80. The van der Waals surface area contributed by atoms with Crippen LogP contribution in [0.15, 0.2) is 42.5 Å². The Morgan fingerprint density at radius 2 is 2.05 bits per heavy atom. The van der Waals surface area contributed by atoms with Crippen molar-refractivity contribution in [2.75, 3.05) is 0 Å². The quantitative estimate of drug-likeness (QED) is 0.854. The van der Waals surface area contributed by atoms with Gasteiger partial charge in [-0.1, -0.05) is 36.5 Å². The molecule has 2 aromatic rings. The summed E-state index contributed by atoms with van der Waals surface area (Å²) < 4.78 is 13.2. The molecule has 0 atom stereocenters. The number of rotatable bonds is 4. The normalized spacial score (nSPS) is 10.2. The lowest BCUT2D eigenvalue weighted by atomic mass is 10.1. The predicted octanol–water partition coefficient (Wildman–Crippen LogP) is 2.70. The van der Waals surface area contributed by atoms with Crippen LogP contribution in [0, 0.1) is 12.7 Å². The van der Waals surface area contributed by atoms with E-state index in [1.54, 1.807) is 13.0 Å². The average molecular weight is 302 g/mol. The molecule has 2 aromatic carbocycles. The van der Waals surface area contributed by atoms with Crippen molar-refractivity contribution in [1.82, 2.24) is 5.32 Å². The second-order valence-electron chi connectivity index (χ2n) is 4.71. The minimum Gasteiger partial charge on any atom is -0.389 e. The topological polar surface area (TPSA) is 55.1 Å². The number of nitrogens with one attached hydrogen (secondary N) is 1. The molecule has 21 heavy (non-hydrogen) atoms. The molecule has 0 aromatic heterocycles. The maximum Gasteiger partial charge on any atom is 0.251 e. The van der Waals surface area contributed by atoms with E-state index < -0.39 is 5.82 Å². The van der Waals surface area contributed by atoms with Crippen molar-refractivity contribution in [3.8, 4) is 0 Å². The molecule has 0 unspecified atom stereocenters. The van der Waals surface area contributed by atoms with E-state index in [0.29, 0.717) is 17.1 Å². The monoisotopic (exact) mass is 302 g/mol. The fraction of sp³-hybridized carbons (Fsp3) is 0.125. The van der Waals surface area contributed by atoms with Crippen molar-refractivity contribution < 1.29 is 9.18 Å². The van der Waals surface area contributed by atoms with Crippen LogP contribution in [0.2, 0.25) is 0 Å². The van der Waals surface area contributed by atoms with E-state index in [1.165, 1.54) is 12.1 Å². The summed E-state index contributed by atoms with van der Waals surface area (Å²) in [5.74, 6) is -0.742. The van der Waals surface area contributed by atoms with Crippen LogP contribution >= 0.6 is 12.2 Å². The third kappa shape index (κ3) is 3.86. The summed E-state index contributed by atoms with van der Waals surface area (Å²) in [5, 5.41) is 2.76. The molecule has 3 nitrogen and oxygen atoms in total. The van der Waals surface area contributed by atoms with Crippen molar-refractivity contribution in [2.45, 2.75) is 13.5 Å². The van der Waals surface area contributed by atoms with E-state index in [0.717, 1.165) is 16.7 Å². The summed E-state index contributed by atoms with van der Waals surface area (Å²) in [4.78, 5) is 12.4. The second kappa shape index (κ2) is 6.45. The van der Waals surface area contributed by atoms with Gasteiger partial charge >= 0.3 is 0 Å². The summed E-state index contributed by atoms with van der Waals surface area (Å²) in [6, 6.07) is 11.5. The van der Waals surface area contributed by atoms with Gasteiger partial charge in [-0.05, 0) is 36.2 Å². The molecule has 108 valence electrons. The number of carbonyl (C=O) groups excluding carboxylic acids is 1. The molecule has 0 heterocycles. The van der Waals surface area contributed by atoms with Gasteiger partial charge in [0, 0.05) is 17.7 Å². The zero-order valence-corrected chi connectivity index (χ0v) is 12.3. The number of aryl methyl sites for hydroxylation is 1. The maximum atomic E-state index is 13.2. The molecule has 0 aliphatic carbocycles. The molecule has 0 saturated heterocycles. The van der Waals surface area contributed by atoms with Crippen molar-refractivity contribution in [1.29, 1.82) is 0 Å². The van der Waals surface area contributed by atoms with Gasteiger partial charge in [0.15, 0.2) is 0 Å². The smallest absolute Gasteiger partial charge is 0.251 e. The highest BCUT2D eigenvalue weighted by Gasteiger charge is 2.10. The van der Waals surface area contributed by atoms with Crippen LogP contribution < -0.4 is 11.1 Å². The standard InChI is InChI=1S/C16H15FN2OS/c1-10-5-6-13(17)8-14(10)16(20)19-9-11-3-2-4-12(7-11)15(18)21/h2-8H,9H2,1H3,(H2,18,21)(H,19,20). The Labute approximate surface area is 128 Å². The van der Waals surface area contributed by atoms with Crippen LogP contribution in [0.25, 0.3) is 0 Å². The minimum atomic E-state index is -0.429. The van der Waals surface area contributed by atoms with Crippen molar-refractivity contribution in [2.24, 2.45) is 5.73 Å². The maximum absolute atomic E-state index is 13.2. The molecule has 0 spiro atoms. The van der Waals surface area contributed by atoms with Crippen molar-refractivity contribution >= 4 is 23.1 Å². The van der Waals surface area contributed by atoms with Crippen LogP contribution in [-0.2, 0) is 6.54 Å². The van der Waals surface area contributed by atoms with E-state index in [9.17, 15) is 9.18 Å². The van der Waals surface area contributed by atoms with Gasteiger partial charge in [0.25, 0.3) is 5.91 Å². The fourth-order valence-corrected chi connectivity index (χ4v) is 2.08. The lowest BCUT2D eigenvalue weighted by Crippen LogP contribution is -2.24. The van der Waals surface area contributed by atoms with E-state index in [2.05, 4.69) is 5.32 Å². The zero-order chi connectivity index (χ0) is 15.4. The van der Waals surface area contributed by atoms with Gasteiger partial charge in [0.1, 0.15) is 10.8 Å². The number of halogens is 1. The molecule has 1 amide bonds. The van der Waals surface area contributed by atoms with Crippen molar-refractivity contribution in [3.05, 3.63) is 70.5 Å².